The molecule has 6 heteroatoms. The third-order valence-corrected chi connectivity index (χ3v) is 4.76. The maximum atomic E-state index is 12.3. The molecule has 1 heterocycles. The molecule has 0 aromatic carbocycles. The zero-order chi connectivity index (χ0) is 14.9. The van der Waals surface area contributed by atoms with Gasteiger partial charge in [-0.1, -0.05) is 0 Å². The SMILES string of the molecule is CN1CCC(N(C)C(=O)NC(C)(C(=O)O)C2CC2)CC1. The molecule has 1 aliphatic heterocycles. The fourth-order valence-corrected chi connectivity index (χ4v) is 2.85. The zero-order valence-electron chi connectivity index (χ0n) is 12.6. The lowest BCUT2D eigenvalue weighted by Crippen LogP contribution is -2.59. The Morgan fingerprint density at radius 2 is 1.80 bits per heavy atom. The monoisotopic (exact) mass is 283 g/mol. The van der Waals surface area contributed by atoms with Crippen molar-refractivity contribution in [3.05, 3.63) is 0 Å². The van der Waals surface area contributed by atoms with Crippen LogP contribution in [0.3, 0.4) is 0 Å². The zero-order valence-corrected chi connectivity index (χ0v) is 12.6. The minimum Gasteiger partial charge on any atom is -0.480 e. The highest BCUT2D eigenvalue weighted by Gasteiger charge is 2.49. The molecular weight excluding hydrogens is 258 g/mol. The number of urea groups is 1. The number of hydrogen-bond donors (Lipinski definition) is 2. The summed E-state index contributed by atoms with van der Waals surface area (Å²) >= 11 is 0. The number of carbonyl (C=O) groups excluding carboxylic acids is 1. The minimum absolute atomic E-state index is 0.0647. The normalized spacial score (nSPS) is 23.9. The Balaban J connectivity index is 1.94. The number of hydrogen-bond acceptors (Lipinski definition) is 3. The molecule has 0 aromatic heterocycles. The summed E-state index contributed by atoms with van der Waals surface area (Å²) in [5, 5.41) is 12.1. The van der Waals surface area contributed by atoms with Crippen molar-refractivity contribution in [1.82, 2.24) is 15.1 Å². The molecule has 0 bridgehead atoms. The first-order valence-electron chi connectivity index (χ1n) is 7.31. The second kappa shape index (κ2) is 5.60. The fourth-order valence-electron chi connectivity index (χ4n) is 2.85. The van der Waals surface area contributed by atoms with Crippen LogP contribution in [0.1, 0.15) is 32.6 Å². The summed E-state index contributed by atoms with van der Waals surface area (Å²) in [7, 11) is 3.84. The Morgan fingerprint density at radius 3 is 2.25 bits per heavy atom. The summed E-state index contributed by atoms with van der Waals surface area (Å²) in [6.07, 6.45) is 3.63. The minimum atomic E-state index is -1.13. The second-order valence-electron chi connectivity index (χ2n) is 6.36. The molecule has 0 spiro atoms. The van der Waals surface area contributed by atoms with Gasteiger partial charge in [0.25, 0.3) is 0 Å². The van der Waals surface area contributed by atoms with E-state index in [1.54, 1.807) is 18.9 Å². The van der Waals surface area contributed by atoms with E-state index in [9.17, 15) is 14.7 Å². The van der Waals surface area contributed by atoms with Crippen LogP contribution in [0.25, 0.3) is 0 Å². The lowest BCUT2D eigenvalue weighted by atomic mass is 9.96. The van der Waals surface area contributed by atoms with Gasteiger partial charge in [-0.05, 0) is 58.7 Å². The van der Waals surface area contributed by atoms with Crippen LogP contribution in [-0.4, -0.2) is 65.7 Å². The number of nitrogens with zero attached hydrogens (tertiary/aromatic N) is 2. The largest absolute Gasteiger partial charge is 0.480 e. The van der Waals surface area contributed by atoms with Gasteiger partial charge in [0, 0.05) is 13.1 Å². The Labute approximate surface area is 120 Å². The molecule has 2 N–H and O–H groups in total. The fraction of sp³-hybridized carbons (Fsp3) is 0.857. The van der Waals surface area contributed by atoms with Gasteiger partial charge in [-0.25, -0.2) is 9.59 Å². The summed E-state index contributed by atoms with van der Waals surface area (Å²) < 4.78 is 0. The smallest absolute Gasteiger partial charge is 0.329 e. The number of nitrogens with one attached hydrogen (secondary N) is 1. The van der Waals surface area contributed by atoms with Crippen molar-refractivity contribution >= 4 is 12.0 Å². The van der Waals surface area contributed by atoms with Gasteiger partial charge in [-0.15, -0.1) is 0 Å². The van der Waals surface area contributed by atoms with Crippen LogP contribution in [0.15, 0.2) is 0 Å². The molecule has 0 aromatic rings. The van der Waals surface area contributed by atoms with E-state index < -0.39 is 11.5 Å². The molecule has 20 heavy (non-hydrogen) atoms. The van der Waals surface area contributed by atoms with E-state index in [4.69, 9.17) is 0 Å². The average molecular weight is 283 g/mol. The molecule has 114 valence electrons. The van der Waals surface area contributed by atoms with E-state index in [2.05, 4.69) is 17.3 Å². The standard InChI is InChI=1S/C14H25N3O3/c1-14(12(18)19,10-4-5-10)15-13(20)17(3)11-6-8-16(2)9-7-11/h10-11H,4-9H2,1-3H3,(H,15,20)(H,18,19). The van der Waals surface area contributed by atoms with Gasteiger partial charge in [0.15, 0.2) is 0 Å². The highest BCUT2D eigenvalue weighted by molar-refractivity contribution is 5.86. The molecule has 2 amide bonds. The predicted molar refractivity (Wildman–Crippen MR) is 75.6 cm³/mol. The van der Waals surface area contributed by atoms with Crippen LogP contribution in [0.2, 0.25) is 0 Å². The van der Waals surface area contributed by atoms with Crippen LogP contribution in [0, 0.1) is 5.92 Å². The van der Waals surface area contributed by atoms with Crippen LogP contribution < -0.4 is 5.32 Å². The molecule has 6 nitrogen and oxygen atoms in total. The highest BCUT2D eigenvalue weighted by Crippen LogP contribution is 2.39. The first-order valence-corrected chi connectivity index (χ1v) is 7.31. The second-order valence-corrected chi connectivity index (χ2v) is 6.36. The van der Waals surface area contributed by atoms with Crippen molar-refractivity contribution < 1.29 is 14.7 Å². The van der Waals surface area contributed by atoms with Crippen LogP contribution in [0.4, 0.5) is 4.79 Å². The van der Waals surface area contributed by atoms with Gasteiger partial charge in [0.05, 0.1) is 0 Å². The average Bonchev–Trinajstić information content (AvgIpc) is 3.23. The van der Waals surface area contributed by atoms with E-state index in [1.165, 1.54) is 0 Å². The van der Waals surface area contributed by atoms with Gasteiger partial charge in [-0.3, -0.25) is 0 Å². The topological polar surface area (TPSA) is 72.9 Å². The van der Waals surface area contributed by atoms with Gasteiger partial charge in [0.1, 0.15) is 5.54 Å². The first kappa shape index (κ1) is 15.1. The molecule has 1 aliphatic carbocycles. The molecule has 1 atom stereocenters. The number of likely N-dealkylation sites (tertiary alicyclic amines) is 1. The van der Waals surface area contributed by atoms with Crippen molar-refractivity contribution in [2.45, 2.75) is 44.2 Å². The van der Waals surface area contributed by atoms with Crippen LogP contribution in [-0.2, 0) is 4.79 Å². The maximum absolute atomic E-state index is 12.3. The Bertz CT molecular complexity index is 389. The van der Waals surface area contributed by atoms with Gasteiger partial charge >= 0.3 is 12.0 Å². The number of rotatable bonds is 4. The van der Waals surface area contributed by atoms with Crippen LogP contribution in [0.5, 0.6) is 0 Å². The van der Waals surface area contributed by atoms with E-state index in [1.807, 2.05) is 0 Å². The summed E-state index contributed by atoms with van der Waals surface area (Å²) in [6.45, 7) is 3.57. The van der Waals surface area contributed by atoms with E-state index in [-0.39, 0.29) is 18.0 Å². The number of carboxylic acid groups (broad SMARTS) is 1. The van der Waals surface area contributed by atoms with Crippen molar-refractivity contribution in [1.29, 1.82) is 0 Å². The van der Waals surface area contributed by atoms with Crippen molar-refractivity contribution in [2.75, 3.05) is 27.2 Å². The number of amides is 2. The van der Waals surface area contributed by atoms with Crippen molar-refractivity contribution in [3.8, 4) is 0 Å². The first-order chi connectivity index (χ1) is 9.34. The van der Waals surface area contributed by atoms with Crippen LogP contribution >= 0.6 is 0 Å². The van der Waals surface area contributed by atoms with Crippen molar-refractivity contribution in [2.24, 2.45) is 5.92 Å². The molecule has 1 unspecified atom stereocenters. The summed E-state index contributed by atoms with van der Waals surface area (Å²) in [5.74, 6) is -0.875. The number of carbonyl (C=O) groups is 2. The lowest BCUT2D eigenvalue weighted by Gasteiger charge is -2.37. The van der Waals surface area contributed by atoms with E-state index in [0.717, 1.165) is 38.8 Å². The molecule has 2 rings (SSSR count). The predicted octanol–water partition coefficient (Wildman–Crippen LogP) is 0.975. The van der Waals surface area contributed by atoms with Crippen molar-refractivity contribution in [3.63, 3.8) is 0 Å². The Hall–Kier alpha value is -1.30. The molecular formula is C14H25N3O3. The van der Waals surface area contributed by atoms with E-state index >= 15 is 0 Å². The van der Waals surface area contributed by atoms with Gasteiger partial charge < -0.3 is 20.2 Å². The third-order valence-electron chi connectivity index (χ3n) is 4.76. The highest BCUT2D eigenvalue weighted by atomic mass is 16.4. The van der Waals surface area contributed by atoms with Gasteiger partial charge in [-0.2, -0.15) is 0 Å². The molecule has 0 radical (unpaired) electrons. The number of carboxylic acids is 1. The number of aliphatic carboxylic acids is 1. The summed E-state index contributed by atoms with van der Waals surface area (Å²) in [5.41, 5.74) is -1.13. The third kappa shape index (κ3) is 3.06. The quantitative estimate of drug-likeness (QED) is 0.806. The summed E-state index contributed by atoms with van der Waals surface area (Å²) in [6, 6.07) is -0.0696. The number of piperidine rings is 1. The molecule has 2 aliphatic rings. The Morgan fingerprint density at radius 1 is 1.25 bits per heavy atom. The molecule has 1 saturated heterocycles. The van der Waals surface area contributed by atoms with E-state index in [0.29, 0.717) is 0 Å². The summed E-state index contributed by atoms with van der Waals surface area (Å²) in [4.78, 5) is 27.7. The Kier molecular flexibility index (Phi) is 4.22. The lowest BCUT2D eigenvalue weighted by molar-refractivity contribution is -0.144. The maximum Gasteiger partial charge on any atom is 0.329 e. The molecule has 2 fully saturated rings. The van der Waals surface area contributed by atoms with Gasteiger partial charge in [0.2, 0.25) is 0 Å². The molecule has 1 saturated carbocycles.